The maximum atomic E-state index is 4.93. The molecule has 5 heteroatoms. The first-order valence-electron chi connectivity index (χ1n) is 11.4. The Labute approximate surface area is 176 Å². The van der Waals surface area contributed by atoms with Gasteiger partial charge in [-0.2, -0.15) is 0 Å². The van der Waals surface area contributed by atoms with Crippen LogP contribution in [0.1, 0.15) is 80.5 Å². The van der Waals surface area contributed by atoms with E-state index in [1.807, 2.05) is 6.20 Å². The van der Waals surface area contributed by atoms with Crippen LogP contribution in [0, 0.1) is 13.8 Å². The molecule has 0 aromatic carbocycles. The van der Waals surface area contributed by atoms with Crippen molar-refractivity contribution < 1.29 is 0 Å². The van der Waals surface area contributed by atoms with Crippen molar-refractivity contribution in [3.8, 4) is 0 Å². The van der Waals surface area contributed by atoms with Crippen LogP contribution in [-0.4, -0.2) is 39.1 Å². The molecule has 2 aromatic rings. The molecule has 5 nitrogen and oxygen atoms in total. The molecule has 2 heterocycles. The summed E-state index contributed by atoms with van der Waals surface area (Å²) in [6.45, 7) is 11.9. The van der Waals surface area contributed by atoms with Crippen LogP contribution < -0.4 is 5.32 Å². The van der Waals surface area contributed by atoms with Gasteiger partial charge in [0.05, 0.1) is 24.0 Å². The van der Waals surface area contributed by atoms with Crippen LogP contribution in [0.15, 0.2) is 18.3 Å². The van der Waals surface area contributed by atoms with Crippen molar-refractivity contribution in [2.75, 3.05) is 13.6 Å². The van der Waals surface area contributed by atoms with E-state index in [-0.39, 0.29) is 0 Å². The number of nitrogens with one attached hydrogen (secondary N) is 1. The van der Waals surface area contributed by atoms with Crippen molar-refractivity contribution >= 4 is 0 Å². The minimum absolute atomic E-state index is 0.389. The summed E-state index contributed by atoms with van der Waals surface area (Å²) in [7, 11) is 2.23. The lowest BCUT2D eigenvalue weighted by atomic mass is 9.91. The zero-order valence-corrected chi connectivity index (χ0v) is 19.0. The van der Waals surface area contributed by atoms with Gasteiger partial charge in [0, 0.05) is 24.5 Å². The third-order valence-electron chi connectivity index (χ3n) is 6.43. The van der Waals surface area contributed by atoms with E-state index in [4.69, 9.17) is 9.97 Å². The second kappa shape index (κ2) is 10.4. The molecule has 0 spiro atoms. The molecule has 0 saturated carbocycles. The van der Waals surface area contributed by atoms with Crippen LogP contribution >= 0.6 is 0 Å². The van der Waals surface area contributed by atoms with Gasteiger partial charge in [0.15, 0.2) is 0 Å². The number of aromatic nitrogens is 3. The highest BCUT2D eigenvalue weighted by molar-refractivity contribution is 5.25. The highest BCUT2D eigenvalue weighted by atomic mass is 15.2. The molecule has 29 heavy (non-hydrogen) atoms. The average molecular weight is 398 g/mol. The molecule has 160 valence electrons. The van der Waals surface area contributed by atoms with Gasteiger partial charge < -0.3 is 9.88 Å². The maximum absolute atomic E-state index is 4.93. The minimum atomic E-state index is 0.389. The number of hydrogen-bond acceptors (Lipinski definition) is 4. The number of unbranched alkanes of at least 4 members (excludes halogenated alkanes) is 1. The largest absolute Gasteiger partial charge is 0.331 e. The molecule has 0 amide bonds. The van der Waals surface area contributed by atoms with Crippen LogP contribution in [0.25, 0.3) is 0 Å². The van der Waals surface area contributed by atoms with Crippen molar-refractivity contribution in [1.82, 2.24) is 24.8 Å². The third kappa shape index (κ3) is 5.46. The van der Waals surface area contributed by atoms with Gasteiger partial charge in [0.1, 0.15) is 5.82 Å². The SMILES string of the molecule is CCCCNC(C)CCn1c(CN(C)C2CCCc3cccnc32)nc(C)c1C. The highest BCUT2D eigenvalue weighted by Gasteiger charge is 2.26. The van der Waals surface area contributed by atoms with E-state index in [1.54, 1.807) is 0 Å². The first-order valence-corrected chi connectivity index (χ1v) is 11.4. The van der Waals surface area contributed by atoms with Gasteiger partial charge in [-0.05, 0) is 78.1 Å². The second-order valence-electron chi connectivity index (χ2n) is 8.72. The van der Waals surface area contributed by atoms with E-state index in [0.717, 1.165) is 38.2 Å². The van der Waals surface area contributed by atoms with Crippen molar-refractivity contribution in [3.05, 3.63) is 46.8 Å². The van der Waals surface area contributed by atoms with Crippen LogP contribution in [0.4, 0.5) is 0 Å². The van der Waals surface area contributed by atoms with Gasteiger partial charge in [0.2, 0.25) is 0 Å². The molecule has 0 fully saturated rings. The Morgan fingerprint density at radius 1 is 1.34 bits per heavy atom. The topological polar surface area (TPSA) is 46.0 Å². The molecule has 0 saturated heterocycles. The smallest absolute Gasteiger partial charge is 0.123 e. The third-order valence-corrected chi connectivity index (χ3v) is 6.43. The van der Waals surface area contributed by atoms with E-state index in [0.29, 0.717) is 12.1 Å². The minimum Gasteiger partial charge on any atom is -0.331 e. The summed E-state index contributed by atoms with van der Waals surface area (Å²) < 4.78 is 2.44. The van der Waals surface area contributed by atoms with Crippen LogP contribution in [-0.2, 0) is 19.5 Å². The Hall–Kier alpha value is -1.72. The number of hydrogen-bond donors (Lipinski definition) is 1. The van der Waals surface area contributed by atoms with Gasteiger partial charge in [0.25, 0.3) is 0 Å². The van der Waals surface area contributed by atoms with Crippen LogP contribution in [0.3, 0.4) is 0 Å². The van der Waals surface area contributed by atoms with E-state index < -0.39 is 0 Å². The Kier molecular flexibility index (Phi) is 7.84. The summed E-state index contributed by atoms with van der Waals surface area (Å²) in [6, 6.07) is 5.23. The summed E-state index contributed by atoms with van der Waals surface area (Å²) in [5.41, 5.74) is 5.14. The Morgan fingerprint density at radius 3 is 2.97 bits per heavy atom. The molecule has 0 radical (unpaired) electrons. The molecule has 1 aliphatic rings. The summed E-state index contributed by atoms with van der Waals surface area (Å²) in [4.78, 5) is 12.1. The summed E-state index contributed by atoms with van der Waals surface area (Å²) in [5.74, 6) is 1.19. The molecule has 3 rings (SSSR count). The Balaban J connectivity index is 1.67. The number of nitrogens with zero attached hydrogens (tertiary/aromatic N) is 4. The lowest BCUT2D eigenvalue weighted by Gasteiger charge is -2.32. The monoisotopic (exact) mass is 397 g/mol. The van der Waals surface area contributed by atoms with Gasteiger partial charge in [-0.1, -0.05) is 19.4 Å². The molecular weight excluding hydrogens is 358 g/mol. The molecule has 1 N–H and O–H groups in total. The number of rotatable bonds is 10. The lowest BCUT2D eigenvalue weighted by Crippen LogP contribution is -2.30. The predicted octanol–water partition coefficient (Wildman–Crippen LogP) is 4.57. The number of imidazole rings is 1. The predicted molar refractivity (Wildman–Crippen MR) is 120 cm³/mol. The fraction of sp³-hybridized carbons (Fsp3) is 0.667. The molecule has 0 bridgehead atoms. The fourth-order valence-electron chi connectivity index (χ4n) is 4.44. The molecule has 2 aromatic heterocycles. The summed E-state index contributed by atoms with van der Waals surface area (Å²) in [6.07, 6.45) is 9.13. The first kappa shape index (κ1) is 22.0. The Bertz CT molecular complexity index is 782. The maximum Gasteiger partial charge on any atom is 0.123 e. The number of fused-ring (bicyclic) bond motifs is 1. The van der Waals surface area contributed by atoms with E-state index >= 15 is 0 Å². The van der Waals surface area contributed by atoms with Crippen molar-refractivity contribution in [2.45, 2.75) is 91.4 Å². The second-order valence-corrected chi connectivity index (χ2v) is 8.72. The number of aryl methyl sites for hydroxylation is 2. The molecule has 2 atom stereocenters. The van der Waals surface area contributed by atoms with Crippen molar-refractivity contribution in [3.63, 3.8) is 0 Å². The quantitative estimate of drug-likeness (QED) is 0.597. The number of pyridine rings is 1. The van der Waals surface area contributed by atoms with E-state index in [9.17, 15) is 0 Å². The summed E-state index contributed by atoms with van der Waals surface area (Å²) >= 11 is 0. The molecule has 0 aliphatic heterocycles. The van der Waals surface area contributed by atoms with Crippen LogP contribution in [0.5, 0.6) is 0 Å². The van der Waals surface area contributed by atoms with Gasteiger partial charge in [-0.15, -0.1) is 0 Å². The van der Waals surface area contributed by atoms with Gasteiger partial charge in [-0.25, -0.2) is 4.98 Å². The average Bonchev–Trinajstić information content (AvgIpc) is 2.99. The Morgan fingerprint density at radius 2 is 2.17 bits per heavy atom. The molecule has 1 aliphatic carbocycles. The summed E-state index contributed by atoms with van der Waals surface area (Å²) in [5, 5.41) is 3.65. The highest BCUT2D eigenvalue weighted by Crippen LogP contribution is 2.32. The fourth-order valence-corrected chi connectivity index (χ4v) is 4.44. The van der Waals surface area contributed by atoms with E-state index in [2.05, 4.69) is 61.7 Å². The van der Waals surface area contributed by atoms with Crippen LogP contribution in [0.2, 0.25) is 0 Å². The zero-order chi connectivity index (χ0) is 20.8. The molecule has 2 unspecified atom stereocenters. The van der Waals surface area contributed by atoms with Gasteiger partial charge >= 0.3 is 0 Å². The van der Waals surface area contributed by atoms with Gasteiger partial charge in [-0.3, -0.25) is 9.88 Å². The van der Waals surface area contributed by atoms with E-state index in [1.165, 1.54) is 48.5 Å². The lowest BCUT2D eigenvalue weighted by molar-refractivity contribution is 0.200. The standard InChI is InChI=1S/C24H39N5/c1-6-7-14-25-18(2)13-16-29-20(4)19(3)27-23(29)17-28(5)22-12-8-10-21-11-9-15-26-24(21)22/h9,11,15,18,22,25H,6-8,10,12-14,16-17H2,1-5H3. The normalized spacial score (nSPS) is 17.5. The first-order chi connectivity index (χ1) is 14.0. The van der Waals surface area contributed by atoms with Crippen molar-refractivity contribution in [2.24, 2.45) is 0 Å². The van der Waals surface area contributed by atoms with Crippen molar-refractivity contribution in [1.29, 1.82) is 0 Å². The molecular formula is C24H39N5. The zero-order valence-electron chi connectivity index (χ0n) is 19.0.